The molecule has 0 aliphatic rings. The van der Waals surface area contributed by atoms with Crippen LogP contribution in [0.5, 0.6) is 5.75 Å². The van der Waals surface area contributed by atoms with Crippen molar-refractivity contribution in [2.24, 2.45) is 0 Å². The Bertz CT molecular complexity index is 738. The molecule has 0 saturated carbocycles. The predicted molar refractivity (Wildman–Crippen MR) is 88.1 cm³/mol. The number of benzene rings is 1. The van der Waals surface area contributed by atoms with E-state index in [1.54, 1.807) is 24.6 Å². The highest BCUT2D eigenvalue weighted by Crippen LogP contribution is 2.34. The Morgan fingerprint density at radius 1 is 1.29 bits per heavy atom. The van der Waals surface area contributed by atoms with Gasteiger partial charge in [0.15, 0.2) is 0 Å². The third-order valence-electron chi connectivity index (χ3n) is 3.53. The molecule has 0 fully saturated rings. The van der Waals surface area contributed by atoms with Gasteiger partial charge < -0.3 is 10.1 Å². The quantitative estimate of drug-likeness (QED) is 0.773. The summed E-state index contributed by atoms with van der Waals surface area (Å²) in [6.07, 6.45) is 3.64. The first kappa shape index (κ1) is 14.0. The van der Waals surface area contributed by atoms with Crippen LogP contribution in [0.4, 0.5) is 0 Å². The van der Waals surface area contributed by atoms with Crippen LogP contribution in [0, 0.1) is 0 Å². The van der Waals surface area contributed by atoms with E-state index in [0.29, 0.717) is 0 Å². The van der Waals surface area contributed by atoms with E-state index in [0.717, 1.165) is 17.9 Å². The van der Waals surface area contributed by atoms with Gasteiger partial charge in [-0.3, -0.25) is 4.98 Å². The monoisotopic (exact) mass is 298 g/mol. The predicted octanol–water partition coefficient (Wildman–Crippen LogP) is 4.00. The molecule has 2 aromatic heterocycles. The summed E-state index contributed by atoms with van der Waals surface area (Å²) in [6, 6.07) is 10.7. The lowest BCUT2D eigenvalue weighted by Gasteiger charge is -2.18. The molecule has 1 N–H and O–H groups in total. The number of hydrogen-bond acceptors (Lipinski definition) is 4. The smallest absolute Gasteiger partial charge is 0.137 e. The molecule has 0 saturated heterocycles. The van der Waals surface area contributed by atoms with E-state index in [1.807, 2.05) is 12.3 Å². The highest BCUT2D eigenvalue weighted by Gasteiger charge is 2.17. The lowest BCUT2D eigenvalue weighted by Crippen LogP contribution is -2.21. The molecule has 3 rings (SSSR count). The number of nitrogens with one attached hydrogen (secondary N) is 1. The van der Waals surface area contributed by atoms with Crippen LogP contribution in [-0.4, -0.2) is 18.6 Å². The van der Waals surface area contributed by atoms with Gasteiger partial charge in [0.1, 0.15) is 5.75 Å². The van der Waals surface area contributed by atoms with E-state index >= 15 is 0 Å². The lowest BCUT2D eigenvalue weighted by molar-refractivity contribution is 0.411. The van der Waals surface area contributed by atoms with Gasteiger partial charge in [-0.25, -0.2) is 0 Å². The summed E-state index contributed by atoms with van der Waals surface area (Å²) in [6.45, 7) is 3.02. The summed E-state index contributed by atoms with van der Waals surface area (Å²) in [5, 5.41) is 7.09. The number of fused-ring (bicyclic) bond motifs is 1. The zero-order chi connectivity index (χ0) is 14.7. The molecule has 3 nitrogen and oxygen atoms in total. The van der Waals surface area contributed by atoms with Crippen LogP contribution in [-0.2, 0) is 0 Å². The molecule has 21 heavy (non-hydrogen) atoms. The standard InChI is InChI=1S/C17H18N2OS/c1-3-19-17(12-8-13(20-2)10-18-9-12)15-11-21-16-7-5-4-6-14(15)16/h4-11,17,19H,3H2,1-2H3. The maximum Gasteiger partial charge on any atom is 0.137 e. The number of thiophene rings is 1. The van der Waals surface area contributed by atoms with E-state index in [4.69, 9.17) is 4.74 Å². The van der Waals surface area contributed by atoms with Gasteiger partial charge in [0.2, 0.25) is 0 Å². The Kier molecular flexibility index (Phi) is 4.18. The third kappa shape index (κ3) is 2.77. The van der Waals surface area contributed by atoms with Gasteiger partial charge >= 0.3 is 0 Å². The van der Waals surface area contributed by atoms with E-state index < -0.39 is 0 Å². The van der Waals surface area contributed by atoms with Gasteiger partial charge in [-0.2, -0.15) is 0 Å². The van der Waals surface area contributed by atoms with Crippen LogP contribution in [0.25, 0.3) is 10.1 Å². The molecule has 4 heteroatoms. The average molecular weight is 298 g/mol. The lowest BCUT2D eigenvalue weighted by atomic mass is 9.99. The molecule has 1 aromatic carbocycles. The maximum atomic E-state index is 5.30. The minimum absolute atomic E-state index is 0.133. The number of nitrogens with zero attached hydrogens (tertiary/aromatic N) is 1. The highest BCUT2D eigenvalue weighted by molar-refractivity contribution is 7.17. The number of methoxy groups -OCH3 is 1. The fraction of sp³-hybridized carbons (Fsp3) is 0.235. The van der Waals surface area contributed by atoms with Crippen LogP contribution in [0.15, 0.2) is 48.1 Å². The Morgan fingerprint density at radius 3 is 2.95 bits per heavy atom. The van der Waals surface area contributed by atoms with Gasteiger partial charge in [-0.15, -0.1) is 11.3 Å². The maximum absolute atomic E-state index is 5.30. The summed E-state index contributed by atoms with van der Waals surface area (Å²) in [4.78, 5) is 4.29. The van der Waals surface area contributed by atoms with Gasteiger partial charge in [0, 0.05) is 10.9 Å². The summed E-state index contributed by atoms with van der Waals surface area (Å²) in [5.74, 6) is 0.787. The van der Waals surface area contributed by atoms with Crippen molar-refractivity contribution in [3.8, 4) is 5.75 Å². The molecule has 108 valence electrons. The molecule has 0 radical (unpaired) electrons. The fourth-order valence-corrected chi connectivity index (χ4v) is 3.53. The third-order valence-corrected chi connectivity index (χ3v) is 4.52. The van der Waals surface area contributed by atoms with Gasteiger partial charge in [0.25, 0.3) is 0 Å². The number of pyridine rings is 1. The van der Waals surface area contributed by atoms with Crippen LogP contribution >= 0.6 is 11.3 Å². The SMILES string of the molecule is CCNC(c1cncc(OC)c1)c1csc2ccccc12. The fourth-order valence-electron chi connectivity index (χ4n) is 2.54. The van der Waals surface area contributed by atoms with Crippen molar-refractivity contribution in [3.63, 3.8) is 0 Å². The molecule has 0 bridgehead atoms. The average Bonchev–Trinajstić information content (AvgIpc) is 2.96. The number of aromatic nitrogens is 1. The van der Waals surface area contributed by atoms with Crippen LogP contribution in [0.1, 0.15) is 24.1 Å². The molecular formula is C17H18N2OS. The molecule has 0 amide bonds. The summed E-state index contributed by atoms with van der Waals surface area (Å²) in [7, 11) is 1.67. The first-order valence-electron chi connectivity index (χ1n) is 7.02. The minimum Gasteiger partial charge on any atom is -0.495 e. The Balaban J connectivity index is 2.08. The van der Waals surface area contributed by atoms with E-state index in [-0.39, 0.29) is 6.04 Å². The zero-order valence-electron chi connectivity index (χ0n) is 12.2. The summed E-state index contributed by atoms with van der Waals surface area (Å²) >= 11 is 1.78. The van der Waals surface area contributed by atoms with Crippen LogP contribution < -0.4 is 10.1 Å². The zero-order valence-corrected chi connectivity index (χ0v) is 13.0. The first-order valence-corrected chi connectivity index (χ1v) is 7.90. The van der Waals surface area contributed by atoms with Crippen molar-refractivity contribution in [3.05, 3.63) is 59.2 Å². The van der Waals surface area contributed by atoms with Crippen molar-refractivity contribution in [2.45, 2.75) is 13.0 Å². The van der Waals surface area contributed by atoms with Gasteiger partial charge in [0.05, 0.1) is 19.3 Å². The highest BCUT2D eigenvalue weighted by atomic mass is 32.1. The van der Waals surface area contributed by atoms with Crippen molar-refractivity contribution in [2.75, 3.05) is 13.7 Å². The van der Waals surface area contributed by atoms with E-state index in [9.17, 15) is 0 Å². The van der Waals surface area contributed by atoms with Gasteiger partial charge in [-0.05, 0) is 40.6 Å². The topological polar surface area (TPSA) is 34.2 Å². The number of rotatable bonds is 5. The van der Waals surface area contributed by atoms with Crippen molar-refractivity contribution in [1.82, 2.24) is 10.3 Å². The molecule has 0 spiro atoms. The second-order valence-corrected chi connectivity index (χ2v) is 5.75. The molecule has 2 heterocycles. The molecular weight excluding hydrogens is 280 g/mol. The van der Waals surface area contributed by atoms with E-state index in [1.165, 1.54) is 15.6 Å². The van der Waals surface area contributed by atoms with Gasteiger partial charge in [-0.1, -0.05) is 25.1 Å². The molecule has 0 aliphatic heterocycles. The second-order valence-electron chi connectivity index (χ2n) is 4.84. The molecule has 1 atom stereocenters. The normalized spacial score (nSPS) is 12.5. The number of hydrogen-bond donors (Lipinski definition) is 1. The Morgan fingerprint density at radius 2 is 2.14 bits per heavy atom. The first-order chi connectivity index (χ1) is 10.3. The van der Waals surface area contributed by atoms with Crippen LogP contribution in [0.2, 0.25) is 0 Å². The molecule has 3 aromatic rings. The second kappa shape index (κ2) is 6.24. The molecule has 1 unspecified atom stereocenters. The minimum atomic E-state index is 0.133. The Labute approximate surface area is 128 Å². The largest absolute Gasteiger partial charge is 0.495 e. The Hall–Kier alpha value is -1.91. The van der Waals surface area contributed by atoms with Crippen LogP contribution in [0.3, 0.4) is 0 Å². The van der Waals surface area contributed by atoms with E-state index in [2.05, 4.69) is 46.9 Å². The van der Waals surface area contributed by atoms with Crippen molar-refractivity contribution < 1.29 is 4.74 Å². The van der Waals surface area contributed by atoms with Crippen molar-refractivity contribution >= 4 is 21.4 Å². The molecule has 0 aliphatic carbocycles. The summed E-state index contributed by atoms with van der Waals surface area (Å²) < 4.78 is 6.61. The number of ether oxygens (including phenoxy) is 1. The summed E-state index contributed by atoms with van der Waals surface area (Å²) in [5.41, 5.74) is 2.42. The van der Waals surface area contributed by atoms with Crippen molar-refractivity contribution in [1.29, 1.82) is 0 Å².